The van der Waals surface area contributed by atoms with Gasteiger partial charge >= 0.3 is 5.97 Å². The van der Waals surface area contributed by atoms with Crippen molar-refractivity contribution in [2.75, 3.05) is 20.8 Å². The molecule has 13 nitrogen and oxygen atoms in total. The topological polar surface area (TPSA) is 193 Å². The van der Waals surface area contributed by atoms with Crippen molar-refractivity contribution in [1.29, 1.82) is 0 Å². The summed E-state index contributed by atoms with van der Waals surface area (Å²) in [5, 5.41) is 57.1. The second-order valence-electron chi connectivity index (χ2n) is 20.1. The number of esters is 1. The van der Waals surface area contributed by atoms with Crippen LogP contribution in [-0.2, 0) is 33.3 Å². The molecule has 2 bridgehead atoms. The molecule has 3 heterocycles. The summed E-state index contributed by atoms with van der Waals surface area (Å²) in [5.41, 5.74) is 1.50. The maximum absolute atomic E-state index is 14.4. The summed E-state index contributed by atoms with van der Waals surface area (Å²) < 4.78 is 23.7. The molecule has 0 aromatic rings. The van der Waals surface area contributed by atoms with Crippen LogP contribution in [0.25, 0.3) is 0 Å². The predicted octanol–water partition coefficient (Wildman–Crippen LogP) is 6.39. The van der Waals surface area contributed by atoms with E-state index in [-0.39, 0.29) is 55.1 Å². The largest absolute Gasteiger partial charge is 0.460 e. The Balaban J connectivity index is 1.68. The van der Waals surface area contributed by atoms with Gasteiger partial charge in [-0.2, -0.15) is 0 Å². The van der Waals surface area contributed by atoms with Crippen molar-refractivity contribution >= 4 is 17.7 Å². The fourth-order valence-electron chi connectivity index (χ4n) is 10.2. The van der Waals surface area contributed by atoms with E-state index < -0.39 is 84.1 Å². The molecular weight excluding hydrogens is 819 g/mol. The molecule has 13 heteroatoms. The molecule has 4 rings (SSSR count). The van der Waals surface area contributed by atoms with Crippen LogP contribution >= 0.6 is 0 Å². The third-order valence-electron chi connectivity index (χ3n) is 14.7. The van der Waals surface area contributed by atoms with Gasteiger partial charge in [0, 0.05) is 39.0 Å². The van der Waals surface area contributed by atoms with Crippen molar-refractivity contribution in [2.45, 2.75) is 193 Å². The highest BCUT2D eigenvalue weighted by Gasteiger charge is 2.52. The number of ether oxygens (including phenoxy) is 4. The number of carbonyl (C=O) groups is 3. The molecule has 0 aromatic heterocycles. The number of rotatable bonds is 5. The van der Waals surface area contributed by atoms with E-state index in [0.29, 0.717) is 63.4 Å². The molecule has 0 aromatic carbocycles. The van der Waals surface area contributed by atoms with Crippen LogP contribution in [0.1, 0.15) is 132 Å². The van der Waals surface area contributed by atoms with Crippen molar-refractivity contribution < 1.29 is 58.9 Å². The summed E-state index contributed by atoms with van der Waals surface area (Å²) in [5.74, 6) is -6.34. The van der Waals surface area contributed by atoms with E-state index >= 15 is 0 Å². The van der Waals surface area contributed by atoms with E-state index in [0.717, 1.165) is 12.0 Å². The Morgan fingerprint density at radius 2 is 1.58 bits per heavy atom. The minimum atomic E-state index is -2.36. The highest BCUT2D eigenvalue weighted by atomic mass is 16.6. The molecule has 0 radical (unpaired) electrons. The number of hydrogen-bond donors (Lipinski definition) is 5. The first-order valence-corrected chi connectivity index (χ1v) is 24.2. The highest BCUT2D eigenvalue weighted by molar-refractivity contribution is 6.39. The Bertz CT molecular complexity index is 1640. The number of amides is 1. The Hall–Kier alpha value is -2.75. The maximum atomic E-state index is 14.4. The first-order chi connectivity index (χ1) is 30.2. The number of allylic oxidation sites excluding steroid dienone is 5. The highest BCUT2D eigenvalue weighted by Crippen LogP contribution is 2.37. The summed E-state index contributed by atoms with van der Waals surface area (Å²) in [6.07, 6.45) is 12.1. The van der Waals surface area contributed by atoms with Gasteiger partial charge in [-0.25, -0.2) is 4.79 Å². The monoisotopic (exact) mass is 902 g/mol. The molecule has 1 amide bonds. The number of Topliss-reactive ketones (excluding diaryl/α,β-unsaturated/α-hetero) is 1. The molecule has 6 unspecified atom stereocenters. The van der Waals surface area contributed by atoms with Crippen molar-refractivity contribution in [3.05, 3.63) is 47.6 Å². The first kappa shape index (κ1) is 53.9. The van der Waals surface area contributed by atoms with Crippen LogP contribution in [0.2, 0.25) is 0 Å². The van der Waals surface area contributed by atoms with Gasteiger partial charge < -0.3 is 49.4 Å². The fourth-order valence-corrected chi connectivity index (χ4v) is 10.2. The molecule has 4 aliphatic rings. The number of aliphatic hydroxyl groups excluding tert-OH is 4. The lowest BCUT2D eigenvalue weighted by Gasteiger charge is -2.42. The number of nitrogens with zero attached hydrogens (tertiary/aromatic N) is 1. The molecule has 364 valence electrons. The lowest BCUT2D eigenvalue weighted by atomic mass is 9.78. The number of carbonyl (C=O) groups excluding carboxylic acids is 3. The number of piperidine rings is 1. The summed E-state index contributed by atoms with van der Waals surface area (Å²) >= 11 is 0. The Morgan fingerprint density at radius 1 is 0.859 bits per heavy atom. The summed E-state index contributed by atoms with van der Waals surface area (Å²) in [6.45, 7) is 15.4. The van der Waals surface area contributed by atoms with E-state index in [2.05, 4.69) is 32.1 Å². The SMILES string of the molecule is CO[C@@H]1CC(C[C@H](C)[C@@H]2CC(O)[C@H](C)/C=C(\C)[C@@H](O)[C@@H](OC)C(O)[C@H](C)C[C@H](C)/C=C/C(C)/C=C/C(C)=C/CC3CC[C@@H](C)[C@@](O)(O3)C(=O)C(=O)N3CCCCC3C(=O)O2)CC[C@@H]1O. The van der Waals surface area contributed by atoms with Gasteiger partial charge in [0.05, 0.1) is 30.5 Å². The molecule has 3 fully saturated rings. The van der Waals surface area contributed by atoms with E-state index in [9.17, 15) is 39.9 Å². The number of ketones is 1. The van der Waals surface area contributed by atoms with E-state index in [1.165, 1.54) is 12.0 Å². The zero-order chi connectivity index (χ0) is 47.5. The minimum Gasteiger partial charge on any atom is -0.460 e. The molecule has 3 aliphatic heterocycles. The van der Waals surface area contributed by atoms with Crippen LogP contribution in [0.5, 0.6) is 0 Å². The van der Waals surface area contributed by atoms with Gasteiger partial charge in [-0.1, -0.05) is 83.6 Å². The van der Waals surface area contributed by atoms with Gasteiger partial charge in [0.15, 0.2) is 0 Å². The van der Waals surface area contributed by atoms with Crippen molar-refractivity contribution in [1.82, 2.24) is 4.90 Å². The predicted molar refractivity (Wildman–Crippen MR) is 246 cm³/mol. The van der Waals surface area contributed by atoms with Gasteiger partial charge in [0.25, 0.3) is 11.7 Å². The lowest BCUT2D eigenvalue weighted by Crippen LogP contribution is -2.60. The third kappa shape index (κ3) is 14.4. The second kappa shape index (κ2) is 24.9. The van der Waals surface area contributed by atoms with Gasteiger partial charge in [0.2, 0.25) is 5.79 Å². The first-order valence-electron chi connectivity index (χ1n) is 24.2. The average Bonchev–Trinajstić information content (AvgIpc) is 3.27. The molecule has 2 saturated heterocycles. The van der Waals surface area contributed by atoms with Gasteiger partial charge in [-0.3, -0.25) is 9.59 Å². The Morgan fingerprint density at radius 3 is 2.27 bits per heavy atom. The Labute approximate surface area is 383 Å². The van der Waals surface area contributed by atoms with E-state index in [4.69, 9.17) is 18.9 Å². The molecule has 17 atom stereocenters. The summed E-state index contributed by atoms with van der Waals surface area (Å²) in [6, 6.07) is -1.08. The minimum absolute atomic E-state index is 0.0456. The van der Waals surface area contributed by atoms with E-state index in [1.807, 2.05) is 39.8 Å². The summed E-state index contributed by atoms with van der Waals surface area (Å²) in [4.78, 5) is 43.9. The number of fused-ring (bicyclic) bond motifs is 3. The number of methoxy groups -OCH3 is 2. The number of hydrogen-bond acceptors (Lipinski definition) is 12. The van der Waals surface area contributed by atoms with Gasteiger partial charge in [-0.15, -0.1) is 0 Å². The van der Waals surface area contributed by atoms with Gasteiger partial charge in [0.1, 0.15) is 24.4 Å². The van der Waals surface area contributed by atoms with Crippen LogP contribution in [0.4, 0.5) is 0 Å². The molecule has 1 aliphatic carbocycles. The fraction of sp³-hybridized carbons (Fsp3) is 0.784. The molecular formula is C51H83NO12. The van der Waals surface area contributed by atoms with Crippen LogP contribution < -0.4 is 0 Å². The van der Waals surface area contributed by atoms with Crippen molar-refractivity contribution in [3.63, 3.8) is 0 Å². The van der Waals surface area contributed by atoms with Crippen LogP contribution in [0.15, 0.2) is 47.6 Å². The van der Waals surface area contributed by atoms with Gasteiger partial charge in [-0.05, 0) is 120 Å². The maximum Gasteiger partial charge on any atom is 0.329 e. The number of aliphatic hydroxyl groups is 5. The van der Waals surface area contributed by atoms with Crippen molar-refractivity contribution in [2.24, 2.45) is 41.4 Å². The van der Waals surface area contributed by atoms with Crippen LogP contribution in [0, 0.1) is 41.4 Å². The van der Waals surface area contributed by atoms with Crippen LogP contribution in [-0.4, -0.2) is 130 Å². The third-order valence-corrected chi connectivity index (χ3v) is 14.7. The smallest absolute Gasteiger partial charge is 0.329 e. The van der Waals surface area contributed by atoms with Crippen LogP contribution in [0.3, 0.4) is 0 Å². The second-order valence-corrected chi connectivity index (χ2v) is 20.1. The van der Waals surface area contributed by atoms with E-state index in [1.54, 1.807) is 27.0 Å². The zero-order valence-corrected chi connectivity index (χ0v) is 40.4. The quantitative estimate of drug-likeness (QED) is 0.116. The molecule has 0 spiro atoms. The standard InChI is InChI=1S/C51H83NO12/c1-30-14-15-31(2)18-21-39-22-19-37(8)51(60,64-39)48(57)49(58)52-24-12-11-13-40(52)50(59)63-43(34(5)27-38-20-23-41(53)44(28-38)61-9)29-42(54)33(4)26-36(7)46(56)47(62-10)45(55)35(6)25-32(3)17-16-30/h14-18,26,30,32-35,37-47,53-56,60H,11-13,19-25,27-29H2,1-10H3/b15-14+,17-16+,31-18+,36-26+/t30?,32-,33-,34+,35-,37-,38?,39?,40?,41+,42?,43+,44-,45?,46-,47+,51-/m1/s1. The zero-order valence-electron chi connectivity index (χ0n) is 40.4. The summed E-state index contributed by atoms with van der Waals surface area (Å²) in [7, 11) is 3.05. The normalized spacial score (nSPS) is 43.1. The van der Waals surface area contributed by atoms with Crippen molar-refractivity contribution in [3.8, 4) is 0 Å². The molecule has 1 saturated carbocycles. The Kier molecular flexibility index (Phi) is 20.9. The lowest BCUT2D eigenvalue weighted by molar-refractivity contribution is -0.262. The molecule has 64 heavy (non-hydrogen) atoms. The average molecular weight is 902 g/mol. The number of cyclic esters (lactones) is 1. The molecule has 5 N–H and O–H groups in total.